The molecule has 115 valence electrons. The van der Waals surface area contributed by atoms with Crippen LogP contribution in [0.3, 0.4) is 0 Å². The first kappa shape index (κ1) is 19.0. The predicted octanol–water partition coefficient (Wildman–Crippen LogP) is 6.32. The van der Waals surface area contributed by atoms with Crippen molar-refractivity contribution in [3.8, 4) is 0 Å². The summed E-state index contributed by atoms with van der Waals surface area (Å²) in [5, 5.41) is 0. The summed E-state index contributed by atoms with van der Waals surface area (Å²) in [5.41, 5.74) is 0. The molecule has 0 aromatic rings. The van der Waals surface area contributed by atoms with Crippen LogP contribution in [0.15, 0.2) is 0 Å². The first-order chi connectivity index (χ1) is 9.41. The molecular formula is C18H37O. The molecule has 0 aromatic heterocycles. The molecular weight excluding hydrogens is 232 g/mol. The molecule has 0 aliphatic heterocycles. The lowest BCUT2D eigenvalue weighted by atomic mass is 10.1. The minimum atomic E-state index is 0.981. The quantitative estimate of drug-likeness (QED) is 0.298. The summed E-state index contributed by atoms with van der Waals surface area (Å²) >= 11 is 0. The lowest BCUT2D eigenvalue weighted by molar-refractivity contribution is 0.125. The van der Waals surface area contributed by atoms with Crippen LogP contribution in [0.4, 0.5) is 0 Å². The highest BCUT2D eigenvalue weighted by Crippen LogP contribution is 2.09. The molecule has 0 fully saturated rings. The summed E-state index contributed by atoms with van der Waals surface area (Å²) in [6.45, 7) is 8.10. The van der Waals surface area contributed by atoms with Gasteiger partial charge in [-0.3, -0.25) is 0 Å². The number of rotatable bonds is 16. The van der Waals surface area contributed by atoms with E-state index in [1.807, 2.05) is 0 Å². The van der Waals surface area contributed by atoms with Gasteiger partial charge in [0.15, 0.2) is 0 Å². The van der Waals surface area contributed by atoms with E-state index in [1.54, 1.807) is 0 Å². The second kappa shape index (κ2) is 18.0. The average molecular weight is 269 g/mol. The normalized spacial score (nSPS) is 11.1. The molecule has 0 N–H and O–H groups in total. The maximum atomic E-state index is 5.67. The summed E-state index contributed by atoms with van der Waals surface area (Å²) in [5.74, 6) is 0. The van der Waals surface area contributed by atoms with Gasteiger partial charge in [0.05, 0.1) is 0 Å². The van der Waals surface area contributed by atoms with E-state index < -0.39 is 0 Å². The van der Waals surface area contributed by atoms with Crippen molar-refractivity contribution >= 4 is 0 Å². The summed E-state index contributed by atoms with van der Waals surface area (Å²) in [6, 6.07) is 0. The molecule has 19 heavy (non-hydrogen) atoms. The zero-order valence-electron chi connectivity index (χ0n) is 13.4. The molecule has 0 bridgehead atoms. The Balaban J connectivity index is 2.88. The Morgan fingerprint density at radius 1 is 0.579 bits per heavy atom. The maximum Gasteiger partial charge on any atom is 0.0466 e. The lowest BCUT2D eigenvalue weighted by Gasteiger charge is -2.04. The minimum Gasteiger partial charge on any atom is -0.381 e. The van der Waals surface area contributed by atoms with Crippen LogP contribution in [-0.2, 0) is 4.74 Å². The van der Waals surface area contributed by atoms with Crippen LogP contribution in [0.25, 0.3) is 0 Å². The third-order valence-corrected chi connectivity index (χ3v) is 3.68. The second-order valence-corrected chi connectivity index (χ2v) is 5.71. The highest BCUT2D eigenvalue weighted by atomic mass is 16.5. The molecule has 0 unspecified atom stereocenters. The molecule has 0 saturated carbocycles. The fourth-order valence-electron chi connectivity index (χ4n) is 2.35. The van der Waals surface area contributed by atoms with Gasteiger partial charge in [-0.15, -0.1) is 0 Å². The molecule has 0 amide bonds. The smallest absolute Gasteiger partial charge is 0.0466 e. The first-order valence-electron chi connectivity index (χ1n) is 8.78. The van der Waals surface area contributed by atoms with E-state index in [4.69, 9.17) is 4.74 Å². The van der Waals surface area contributed by atoms with Crippen LogP contribution in [-0.4, -0.2) is 13.2 Å². The van der Waals surface area contributed by atoms with Crippen LogP contribution in [0, 0.1) is 6.92 Å². The fourth-order valence-corrected chi connectivity index (χ4v) is 2.35. The van der Waals surface area contributed by atoms with Crippen LogP contribution in [0.1, 0.15) is 96.8 Å². The van der Waals surface area contributed by atoms with Crippen molar-refractivity contribution < 1.29 is 4.74 Å². The molecule has 0 aromatic carbocycles. The lowest BCUT2D eigenvalue weighted by Crippen LogP contribution is -1.97. The van der Waals surface area contributed by atoms with Gasteiger partial charge in [-0.25, -0.2) is 0 Å². The molecule has 1 heteroatoms. The van der Waals surface area contributed by atoms with Gasteiger partial charge in [0.25, 0.3) is 0 Å². The summed E-state index contributed by atoms with van der Waals surface area (Å²) < 4.78 is 5.67. The van der Waals surface area contributed by atoms with E-state index in [1.165, 1.54) is 83.5 Å². The van der Waals surface area contributed by atoms with Crippen molar-refractivity contribution in [2.24, 2.45) is 0 Å². The third kappa shape index (κ3) is 18.0. The second-order valence-electron chi connectivity index (χ2n) is 5.71. The molecule has 0 aliphatic rings. The van der Waals surface area contributed by atoms with E-state index in [9.17, 15) is 0 Å². The van der Waals surface area contributed by atoms with E-state index in [0.717, 1.165) is 19.6 Å². The van der Waals surface area contributed by atoms with Crippen molar-refractivity contribution in [1.29, 1.82) is 0 Å². The highest BCUT2D eigenvalue weighted by Gasteiger charge is 1.93. The van der Waals surface area contributed by atoms with E-state index >= 15 is 0 Å². The molecule has 1 nitrogen and oxygen atoms in total. The van der Waals surface area contributed by atoms with Crippen molar-refractivity contribution in [3.63, 3.8) is 0 Å². The maximum absolute atomic E-state index is 5.67. The van der Waals surface area contributed by atoms with Gasteiger partial charge >= 0.3 is 0 Å². The van der Waals surface area contributed by atoms with Crippen molar-refractivity contribution in [3.05, 3.63) is 6.92 Å². The van der Waals surface area contributed by atoms with Gasteiger partial charge in [-0.05, 0) is 12.8 Å². The number of unbranched alkanes of at least 4 members (excludes halogenated alkanes) is 12. The summed E-state index contributed by atoms with van der Waals surface area (Å²) in [7, 11) is 0. The monoisotopic (exact) mass is 269 g/mol. The molecule has 0 spiro atoms. The van der Waals surface area contributed by atoms with Crippen LogP contribution in [0.2, 0.25) is 0 Å². The van der Waals surface area contributed by atoms with Crippen LogP contribution >= 0.6 is 0 Å². The van der Waals surface area contributed by atoms with Gasteiger partial charge in [-0.2, -0.15) is 0 Å². The Kier molecular flexibility index (Phi) is 17.9. The van der Waals surface area contributed by atoms with E-state index in [-0.39, 0.29) is 0 Å². The van der Waals surface area contributed by atoms with Gasteiger partial charge in [-0.1, -0.05) is 90.9 Å². The van der Waals surface area contributed by atoms with Crippen LogP contribution in [0.5, 0.6) is 0 Å². The predicted molar refractivity (Wildman–Crippen MR) is 86.5 cm³/mol. The van der Waals surface area contributed by atoms with Gasteiger partial charge in [0, 0.05) is 13.2 Å². The Labute approximate surface area is 122 Å². The standard InChI is InChI=1S/C18H37O/c1-3-5-7-9-10-11-12-14-16-18-19-17-15-13-8-6-4-2/h1,3-18H2,2H3. The first-order valence-corrected chi connectivity index (χ1v) is 8.78. The number of hydrogen-bond donors (Lipinski definition) is 0. The molecule has 0 rings (SSSR count). The molecule has 0 atom stereocenters. The van der Waals surface area contributed by atoms with Crippen molar-refractivity contribution in [2.75, 3.05) is 13.2 Å². The highest BCUT2D eigenvalue weighted by molar-refractivity contribution is 4.48. The molecule has 0 aliphatic carbocycles. The van der Waals surface area contributed by atoms with Gasteiger partial charge < -0.3 is 4.74 Å². The summed E-state index contributed by atoms with van der Waals surface area (Å²) in [4.78, 5) is 0. The summed E-state index contributed by atoms with van der Waals surface area (Å²) in [6.07, 6.45) is 18.7. The SMILES string of the molecule is [CH2]CCCCCCCCCCOCCCCCCC. The average Bonchev–Trinajstić information content (AvgIpc) is 2.43. The Bertz CT molecular complexity index is 129. The van der Waals surface area contributed by atoms with Crippen molar-refractivity contribution in [2.45, 2.75) is 96.8 Å². The Morgan fingerprint density at radius 2 is 1.00 bits per heavy atom. The van der Waals surface area contributed by atoms with Crippen LogP contribution < -0.4 is 0 Å². The topological polar surface area (TPSA) is 9.23 Å². The van der Waals surface area contributed by atoms with Gasteiger partial charge in [0.1, 0.15) is 0 Å². The fraction of sp³-hybridized carbons (Fsp3) is 0.944. The molecule has 0 heterocycles. The van der Waals surface area contributed by atoms with E-state index in [0.29, 0.717) is 0 Å². The molecule has 0 saturated heterocycles. The largest absolute Gasteiger partial charge is 0.381 e. The Hall–Kier alpha value is -0.0400. The zero-order valence-corrected chi connectivity index (χ0v) is 13.4. The zero-order chi connectivity index (χ0) is 14.0. The minimum absolute atomic E-state index is 0.981. The van der Waals surface area contributed by atoms with Crippen molar-refractivity contribution in [1.82, 2.24) is 0 Å². The van der Waals surface area contributed by atoms with Gasteiger partial charge in [0.2, 0.25) is 0 Å². The third-order valence-electron chi connectivity index (χ3n) is 3.68. The molecule has 1 radical (unpaired) electrons. The Morgan fingerprint density at radius 3 is 1.47 bits per heavy atom. The number of ether oxygens (including phenoxy) is 1. The van der Waals surface area contributed by atoms with E-state index in [2.05, 4.69) is 13.8 Å². The number of hydrogen-bond acceptors (Lipinski definition) is 1.